The van der Waals surface area contributed by atoms with E-state index < -0.39 is 5.63 Å². The molecule has 0 unspecified atom stereocenters. The van der Waals surface area contributed by atoms with Crippen LogP contribution in [0.3, 0.4) is 0 Å². The molecule has 5 nitrogen and oxygen atoms in total. The van der Waals surface area contributed by atoms with Gasteiger partial charge in [0.15, 0.2) is 5.78 Å². The van der Waals surface area contributed by atoms with Crippen LogP contribution >= 0.6 is 0 Å². The highest BCUT2D eigenvalue weighted by molar-refractivity contribution is 5.85. The highest BCUT2D eigenvalue weighted by Crippen LogP contribution is 2.30. The van der Waals surface area contributed by atoms with E-state index in [2.05, 4.69) is 0 Å². The fraction of sp³-hybridized carbons (Fsp3) is 0.286. The number of ketones is 1. The van der Waals surface area contributed by atoms with Gasteiger partial charge < -0.3 is 13.9 Å². The quantitative estimate of drug-likeness (QED) is 0.789. The third-order valence-electron chi connectivity index (χ3n) is 2.63. The molecule has 1 heterocycles. The lowest BCUT2D eigenvalue weighted by Crippen LogP contribution is -2.07. The molecule has 0 radical (unpaired) electrons. The van der Waals surface area contributed by atoms with Gasteiger partial charge in [-0.3, -0.25) is 4.79 Å². The van der Waals surface area contributed by atoms with E-state index in [1.807, 2.05) is 0 Å². The van der Waals surface area contributed by atoms with Gasteiger partial charge in [-0.05, 0) is 19.9 Å². The molecule has 0 bridgehead atoms. The molecule has 1 aromatic heterocycles. The Bertz CT molecular complexity index is 684. The molecule has 5 heteroatoms. The normalized spacial score (nSPS) is 10.5. The van der Waals surface area contributed by atoms with Gasteiger partial charge in [0.25, 0.3) is 0 Å². The lowest BCUT2D eigenvalue weighted by Gasteiger charge is -2.09. The topological polar surface area (TPSA) is 65.7 Å². The van der Waals surface area contributed by atoms with E-state index in [-0.39, 0.29) is 12.4 Å². The number of aryl methyl sites for hydroxylation is 1. The first-order valence-corrected chi connectivity index (χ1v) is 5.76. The average Bonchev–Trinajstić information content (AvgIpc) is 2.37. The third-order valence-corrected chi connectivity index (χ3v) is 2.63. The third kappa shape index (κ3) is 2.76. The van der Waals surface area contributed by atoms with Crippen molar-refractivity contribution in [1.82, 2.24) is 0 Å². The Morgan fingerprint density at radius 1 is 1.32 bits per heavy atom. The summed E-state index contributed by atoms with van der Waals surface area (Å²) in [5.41, 5.74) is 0.468. The number of methoxy groups -OCH3 is 1. The van der Waals surface area contributed by atoms with Crippen molar-refractivity contribution in [2.24, 2.45) is 0 Å². The molecule has 100 valence electrons. The maximum atomic E-state index is 11.5. The summed E-state index contributed by atoms with van der Waals surface area (Å²) in [6, 6.07) is 4.93. The van der Waals surface area contributed by atoms with E-state index in [4.69, 9.17) is 13.9 Å². The first-order chi connectivity index (χ1) is 9.01. The first kappa shape index (κ1) is 13.1. The minimum atomic E-state index is -0.404. The van der Waals surface area contributed by atoms with Crippen LogP contribution in [0.4, 0.5) is 0 Å². The van der Waals surface area contributed by atoms with Crippen LogP contribution in [0.1, 0.15) is 12.5 Å². The van der Waals surface area contributed by atoms with Gasteiger partial charge in [-0.25, -0.2) is 4.79 Å². The molecule has 0 N–H and O–H groups in total. The number of Topliss-reactive ketones (excluding diaryl/α,β-unsaturated/α-hetero) is 1. The summed E-state index contributed by atoms with van der Waals surface area (Å²) in [6.07, 6.45) is 0. The largest absolute Gasteiger partial charge is 0.496 e. The molecule has 0 atom stereocenters. The Balaban J connectivity index is 2.55. The number of hydrogen-bond acceptors (Lipinski definition) is 5. The summed E-state index contributed by atoms with van der Waals surface area (Å²) in [4.78, 5) is 22.4. The van der Waals surface area contributed by atoms with Crippen molar-refractivity contribution in [3.63, 3.8) is 0 Å². The van der Waals surface area contributed by atoms with E-state index >= 15 is 0 Å². The Labute approximate surface area is 109 Å². The molecule has 0 saturated carbocycles. The summed E-state index contributed by atoms with van der Waals surface area (Å²) in [5.74, 6) is 0.860. The number of carbonyl (C=O) groups excluding carboxylic acids is 1. The maximum Gasteiger partial charge on any atom is 0.339 e. The minimum Gasteiger partial charge on any atom is -0.496 e. The van der Waals surface area contributed by atoms with Crippen molar-refractivity contribution in [2.45, 2.75) is 13.8 Å². The van der Waals surface area contributed by atoms with Crippen molar-refractivity contribution in [3.8, 4) is 11.5 Å². The zero-order valence-electron chi connectivity index (χ0n) is 11.0. The second-order valence-corrected chi connectivity index (χ2v) is 4.24. The smallest absolute Gasteiger partial charge is 0.339 e. The summed E-state index contributed by atoms with van der Waals surface area (Å²) in [5, 5.41) is 0.690. The second-order valence-electron chi connectivity index (χ2n) is 4.24. The Kier molecular flexibility index (Phi) is 3.55. The van der Waals surface area contributed by atoms with Gasteiger partial charge >= 0.3 is 5.63 Å². The zero-order valence-corrected chi connectivity index (χ0v) is 11.0. The highest BCUT2D eigenvalue weighted by atomic mass is 16.5. The lowest BCUT2D eigenvalue weighted by molar-refractivity contribution is -0.118. The SMILES string of the molecule is COc1cc(OCC(C)=O)cc2oc(=O)c(C)cc12. The molecule has 2 aromatic rings. The predicted molar refractivity (Wildman–Crippen MR) is 69.9 cm³/mol. The zero-order chi connectivity index (χ0) is 14.0. The summed E-state index contributed by atoms with van der Waals surface area (Å²) in [7, 11) is 1.52. The molecule has 2 rings (SSSR count). The number of rotatable bonds is 4. The second kappa shape index (κ2) is 5.14. The maximum absolute atomic E-state index is 11.5. The van der Waals surface area contributed by atoms with E-state index in [0.29, 0.717) is 28.0 Å². The van der Waals surface area contributed by atoms with Crippen LogP contribution in [0.15, 0.2) is 27.4 Å². The molecule has 0 aliphatic rings. The molecule has 0 fully saturated rings. The van der Waals surface area contributed by atoms with E-state index in [1.54, 1.807) is 25.1 Å². The number of hydrogen-bond donors (Lipinski definition) is 0. The molecule has 1 aromatic carbocycles. The van der Waals surface area contributed by atoms with Crippen LogP contribution in [0, 0.1) is 6.92 Å². The predicted octanol–water partition coefficient (Wildman–Crippen LogP) is 2.08. The number of benzene rings is 1. The molecule has 0 spiro atoms. The van der Waals surface area contributed by atoms with Crippen LogP contribution < -0.4 is 15.1 Å². The van der Waals surface area contributed by atoms with Crippen LogP contribution in [0.25, 0.3) is 11.0 Å². The molecule has 19 heavy (non-hydrogen) atoms. The van der Waals surface area contributed by atoms with E-state index in [0.717, 1.165) is 0 Å². The Morgan fingerprint density at radius 3 is 2.68 bits per heavy atom. The number of fused-ring (bicyclic) bond motifs is 1. The molecule has 0 aliphatic carbocycles. The number of ether oxygens (including phenoxy) is 2. The molecular weight excluding hydrogens is 248 g/mol. The monoisotopic (exact) mass is 262 g/mol. The fourth-order valence-electron chi connectivity index (χ4n) is 1.70. The van der Waals surface area contributed by atoms with Crippen molar-refractivity contribution >= 4 is 16.8 Å². The summed E-state index contributed by atoms with van der Waals surface area (Å²) in [6.45, 7) is 3.07. The summed E-state index contributed by atoms with van der Waals surface area (Å²) >= 11 is 0. The molecule has 0 amide bonds. The van der Waals surface area contributed by atoms with Crippen molar-refractivity contribution in [3.05, 3.63) is 34.2 Å². The van der Waals surface area contributed by atoms with Gasteiger partial charge in [0.2, 0.25) is 0 Å². The van der Waals surface area contributed by atoms with Gasteiger partial charge in [-0.1, -0.05) is 0 Å². The van der Waals surface area contributed by atoms with Crippen LogP contribution in [-0.2, 0) is 4.79 Å². The molecule has 0 saturated heterocycles. The molecule has 0 aliphatic heterocycles. The first-order valence-electron chi connectivity index (χ1n) is 5.76. The van der Waals surface area contributed by atoms with Gasteiger partial charge in [-0.15, -0.1) is 0 Å². The van der Waals surface area contributed by atoms with Crippen molar-refractivity contribution in [2.75, 3.05) is 13.7 Å². The standard InChI is InChI=1S/C14H14O5/c1-8-4-11-12(17-3)5-10(18-7-9(2)15)6-13(11)19-14(8)16/h4-6H,7H2,1-3H3. The Hall–Kier alpha value is -2.30. The van der Waals surface area contributed by atoms with Gasteiger partial charge in [0.1, 0.15) is 23.7 Å². The summed E-state index contributed by atoms with van der Waals surface area (Å²) < 4.78 is 15.7. The van der Waals surface area contributed by atoms with Gasteiger partial charge in [0.05, 0.1) is 12.5 Å². The van der Waals surface area contributed by atoms with Crippen LogP contribution in [-0.4, -0.2) is 19.5 Å². The van der Waals surface area contributed by atoms with Gasteiger partial charge in [0, 0.05) is 17.7 Å². The highest BCUT2D eigenvalue weighted by Gasteiger charge is 2.10. The minimum absolute atomic E-state index is 0.0369. The lowest BCUT2D eigenvalue weighted by atomic mass is 10.1. The van der Waals surface area contributed by atoms with Crippen LogP contribution in [0.5, 0.6) is 11.5 Å². The van der Waals surface area contributed by atoms with Gasteiger partial charge in [-0.2, -0.15) is 0 Å². The molecular formula is C14H14O5. The van der Waals surface area contributed by atoms with E-state index in [1.165, 1.54) is 14.0 Å². The number of carbonyl (C=O) groups is 1. The van der Waals surface area contributed by atoms with Crippen molar-refractivity contribution in [1.29, 1.82) is 0 Å². The van der Waals surface area contributed by atoms with E-state index in [9.17, 15) is 9.59 Å². The fourth-order valence-corrected chi connectivity index (χ4v) is 1.70. The van der Waals surface area contributed by atoms with Crippen LogP contribution in [0.2, 0.25) is 0 Å². The van der Waals surface area contributed by atoms with Crippen molar-refractivity contribution < 1.29 is 18.7 Å². The Morgan fingerprint density at radius 2 is 2.05 bits per heavy atom. The average molecular weight is 262 g/mol.